The molecular weight excluding hydrogens is 773 g/mol. The van der Waals surface area contributed by atoms with Gasteiger partial charge in [0.15, 0.2) is 5.84 Å². The smallest absolute Gasteiger partial charge is 0.160 e. The van der Waals surface area contributed by atoms with E-state index < -0.39 is 0 Å². The Labute approximate surface area is 363 Å². The van der Waals surface area contributed by atoms with Crippen LogP contribution in [-0.4, -0.2) is 16.2 Å². The SMILES string of the molecule is c1ccc(-c2ccccc2C2=NC(c3ccccc3-c3ccc(-c4cccc5c4c4ccccc4n5-c4ccccc4)cc3)=NC(c3cccc4c3sc3ccccc34)N2)cc1. The lowest BCUT2D eigenvalue weighted by Crippen LogP contribution is -2.34. The fraction of sp³-hybridized carbons (Fsp3) is 0.0175. The lowest BCUT2D eigenvalue weighted by atomic mass is 9.94. The molecule has 0 aliphatic carbocycles. The van der Waals surface area contributed by atoms with Crippen LogP contribution in [0.2, 0.25) is 0 Å². The summed E-state index contributed by atoms with van der Waals surface area (Å²) in [5.74, 6) is 1.49. The van der Waals surface area contributed by atoms with Gasteiger partial charge in [-0.3, -0.25) is 0 Å². The van der Waals surface area contributed by atoms with Crippen LogP contribution >= 0.6 is 11.3 Å². The molecule has 4 nitrogen and oxygen atoms in total. The van der Waals surface area contributed by atoms with Crippen LogP contribution in [0.4, 0.5) is 0 Å². The Morgan fingerprint density at radius 2 is 0.968 bits per heavy atom. The standard InChI is InChI=1S/C57H38N4S/c1-3-17-37(18-4-1)41-21-7-9-24-46(41)55-58-56(60-57(59-55)49-29-15-28-45-44-23-12-14-32-52(44)62-54(45)49)47-25-10-8-22-42(47)38-33-35-39(36-34-38)43-27-16-31-51-53(43)48-26-11-13-30-50(48)61(51)40-19-5-2-6-20-40/h1-36,57H,(H,58,59,60). The van der Waals surface area contributed by atoms with Gasteiger partial charge in [0.1, 0.15) is 12.0 Å². The van der Waals surface area contributed by atoms with Crippen LogP contribution < -0.4 is 5.32 Å². The van der Waals surface area contributed by atoms with Gasteiger partial charge in [-0.1, -0.05) is 188 Å². The molecule has 0 fully saturated rings. The van der Waals surface area contributed by atoms with Crippen molar-refractivity contribution < 1.29 is 0 Å². The molecule has 12 rings (SSSR count). The van der Waals surface area contributed by atoms with Crippen molar-refractivity contribution in [2.75, 3.05) is 0 Å². The third-order valence-corrected chi connectivity index (χ3v) is 13.4. The lowest BCUT2D eigenvalue weighted by molar-refractivity contribution is 0.680. The van der Waals surface area contributed by atoms with Crippen molar-refractivity contribution in [3.05, 3.63) is 235 Å². The summed E-state index contributed by atoms with van der Waals surface area (Å²) in [4.78, 5) is 10.9. The van der Waals surface area contributed by atoms with Crippen LogP contribution in [0.15, 0.2) is 228 Å². The molecule has 1 aliphatic rings. The fourth-order valence-electron chi connectivity index (χ4n) is 9.28. The Balaban J connectivity index is 0.992. The molecule has 5 heteroatoms. The first-order chi connectivity index (χ1) is 30.8. The van der Waals surface area contributed by atoms with Crippen LogP contribution in [0.25, 0.3) is 81.0 Å². The number of nitrogens with zero attached hydrogens (tertiary/aromatic N) is 3. The Bertz CT molecular complexity index is 3540. The van der Waals surface area contributed by atoms with Gasteiger partial charge in [0.2, 0.25) is 0 Å². The van der Waals surface area contributed by atoms with Gasteiger partial charge < -0.3 is 9.88 Å². The number of benzene rings is 9. The molecule has 1 aliphatic heterocycles. The second-order valence-corrected chi connectivity index (χ2v) is 16.8. The third-order valence-electron chi connectivity index (χ3n) is 12.1. The molecular formula is C57H38N4S. The maximum Gasteiger partial charge on any atom is 0.160 e. The van der Waals surface area contributed by atoms with Crippen molar-refractivity contribution in [1.82, 2.24) is 9.88 Å². The molecule has 0 radical (unpaired) electrons. The van der Waals surface area contributed by atoms with E-state index in [0.717, 1.165) is 50.5 Å². The van der Waals surface area contributed by atoms with E-state index in [0.29, 0.717) is 5.84 Å². The summed E-state index contributed by atoms with van der Waals surface area (Å²) in [6.45, 7) is 0. The predicted octanol–water partition coefficient (Wildman–Crippen LogP) is 14.6. The molecule has 292 valence electrons. The summed E-state index contributed by atoms with van der Waals surface area (Å²) in [7, 11) is 0. The topological polar surface area (TPSA) is 41.7 Å². The average Bonchev–Trinajstić information content (AvgIpc) is 3.91. The second-order valence-electron chi connectivity index (χ2n) is 15.7. The first-order valence-corrected chi connectivity index (χ1v) is 21.8. The minimum absolute atomic E-state index is 0.368. The highest BCUT2D eigenvalue weighted by Gasteiger charge is 2.26. The first-order valence-electron chi connectivity index (χ1n) is 21.0. The first kappa shape index (κ1) is 36.0. The highest BCUT2D eigenvalue weighted by atomic mass is 32.1. The molecule has 2 aromatic heterocycles. The zero-order valence-corrected chi connectivity index (χ0v) is 34.4. The molecule has 0 bridgehead atoms. The molecule has 0 spiro atoms. The van der Waals surface area contributed by atoms with Gasteiger partial charge in [-0.05, 0) is 63.7 Å². The van der Waals surface area contributed by atoms with Gasteiger partial charge in [-0.15, -0.1) is 11.3 Å². The van der Waals surface area contributed by atoms with Crippen LogP contribution in [-0.2, 0) is 0 Å². The van der Waals surface area contributed by atoms with Crippen molar-refractivity contribution in [3.63, 3.8) is 0 Å². The van der Waals surface area contributed by atoms with E-state index in [1.165, 1.54) is 53.1 Å². The van der Waals surface area contributed by atoms with E-state index in [9.17, 15) is 0 Å². The molecule has 3 heterocycles. The van der Waals surface area contributed by atoms with Gasteiger partial charge in [0.25, 0.3) is 0 Å². The number of fused-ring (bicyclic) bond motifs is 6. The minimum atomic E-state index is -0.368. The molecule has 11 aromatic rings. The molecule has 1 atom stereocenters. The third kappa shape index (κ3) is 6.05. The Morgan fingerprint density at radius 1 is 0.419 bits per heavy atom. The van der Waals surface area contributed by atoms with Gasteiger partial charge in [0.05, 0.1) is 11.0 Å². The van der Waals surface area contributed by atoms with Crippen molar-refractivity contribution in [3.8, 4) is 39.1 Å². The minimum Gasteiger partial charge on any atom is -0.344 e. The van der Waals surface area contributed by atoms with Crippen molar-refractivity contribution in [1.29, 1.82) is 0 Å². The summed E-state index contributed by atoms with van der Waals surface area (Å²) in [6.07, 6.45) is -0.368. The van der Waals surface area contributed by atoms with Crippen LogP contribution in [0.3, 0.4) is 0 Å². The number of thiophene rings is 1. The van der Waals surface area contributed by atoms with Gasteiger partial charge in [-0.25, -0.2) is 9.98 Å². The number of hydrogen-bond acceptors (Lipinski definition) is 4. The van der Waals surface area contributed by atoms with Gasteiger partial charge >= 0.3 is 0 Å². The van der Waals surface area contributed by atoms with Crippen molar-refractivity contribution in [2.24, 2.45) is 9.98 Å². The molecule has 1 N–H and O–H groups in total. The molecule has 0 saturated heterocycles. The Morgan fingerprint density at radius 3 is 1.76 bits per heavy atom. The van der Waals surface area contributed by atoms with Crippen molar-refractivity contribution in [2.45, 2.75) is 6.17 Å². The number of para-hydroxylation sites is 2. The fourth-order valence-corrected chi connectivity index (χ4v) is 10.5. The Hall–Kier alpha value is -7.86. The number of aromatic nitrogens is 1. The van der Waals surface area contributed by atoms with Crippen LogP contribution in [0.5, 0.6) is 0 Å². The van der Waals surface area contributed by atoms with Gasteiger partial charge in [0, 0.05) is 53.3 Å². The molecule has 62 heavy (non-hydrogen) atoms. The normalized spacial score (nSPS) is 14.0. The van der Waals surface area contributed by atoms with E-state index >= 15 is 0 Å². The van der Waals surface area contributed by atoms with E-state index in [1.54, 1.807) is 0 Å². The molecule has 0 amide bonds. The second kappa shape index (κ2) is 15.0. The van der Waals surface area contributed by atoms with E-state index in [2.05, 4.69) is 228 Å². The summed E-state index contributed by atoms with van der Waals surface area (Å²) in [5.41, 5.74) is 13.5. The lowest BCUT2D eigenvalue weighted by Gasteiger charge is -2.26. The van der Waals surface area contributed by atoms with E-state index in [1.807, 2.05) is 11.3 Å². The average molecular weight is 811 g/mol. The summed E-state index contributed by atoms with van der Waals surface area (Å²) < 4.78 is 4.88. The number of aliphatic imine (C=N–C) groups is 2. The molecule has 1 unspecified atom stereocenters. The molecule has 9 aromatic carbocycles. The molecule has 0 saturated carbocycles. The predicted molar refractivity (Wildman–Crippen MR) is 262 cm³/mol. The maximum atomic E-state index is 5.48. The summed E-state index contributed by atoms with van der Waals surface area (Å²) in [6, 6.07) is 77.9. The van der Waals surface area contributed by atoms with Crippen molar-refractivity contribution >= 4 is 65.0 Å². The maximum absolute atomic E-state index is 5.48. The van der Waals surface area contributed by atoms with E-state index in [-0.39, 0.29) is 6.17 Å². The van der Waals surface area contributed by atoms with E-state index in [4.69, 9.17) is 9.98 Å². The van der Waals surface area contributed by atoms with Crippen LogP contribution in [0.1, 0.15) is 22.9 Å². The van der Waals surface area contributed by atoms with Gasteiger partial charge in [-0.2, -0.15) is 0 Å². The monoisotopic (exact) mass is 810 g/mol. The summed E-state index contributed by atoms with van der Waals surface area (Å²) in [5, 5.41) is 8.83. The quantitative estimate of drug-likeness (QED) is 0.171. The number of amidine groups is 2. The highest BCUT2D eigenvalue weighted by molar-refractivity contribution is 7.26. The summed E-state index contributed by atoms with van der Waals surface area (Å²) >= 11 is 1.83. The number of rotatable bonds is 7. The zero-order chi connectivity index (χ0) is 41.0. The highest BCUT2D eigenvalue weighted by Crippen LogP contribution is 2.41. The number of hydrogen-bond donors (Lipinski definition) is 1. The van der Waals surface area contributed by atoms with Crippen LogP contribution in [0, 0.1) is 0 Å². The zero-order valence-electron chi connectivity index (χ0n) is 33.6. The Kier molecular flexibility index (Phi) is 8.72. The number of nitrogens with one attached hydrogen (secondary N) is 1. The largest absolute Gasteiger partial charge is 0.344 e.